The van der Waals surface area contributed by atoms with Crippen molar-refractivity contribution in [1.82, 2.24) is 0 Å². The molecule has 0 radical (unpaired) electrons. The fraction of sp³-hybridized carbons (Fsp3) is 0.333. The molecule has 3 rings (SSSR count). The molecule has 1 saturated heterocycles. The number of benzene rings is 2. The van der Waals surface area contributed by atoms with Crippen molar-refractivity contribution in [3.8, 4) is 0 Å². The first kappa shape index (κ1) is 12.9. The zero-order valence-corrected chi connectivity index (χ0v) is 12.5. The van der Waals surface area contributed by atoms with Crippen LogP contribution >= 0.6 is 7.26 Å². The van der Waals surface area contributed by atoms with Gasteiger partial charge >= 0.3 is 117 Å². The van der Waals surface area contributed by atoms with Gasteiger partial charge in [0, 0.05) is 0 Å². The molecule has 1 fully saturated rings. The van der Waals surface area contributed by atoms with Crippen LogP contribution in [-0.2, 0) is 12.3 Å². The molecule has 100 valence electrons. The zero-order valence-electron chi connectivity index (χ0n) is 11.5. The van der Waals surface area contributed by atoms with Gasteiger partial charge in [0.25, 0.3) is 0 Å². The molecule has 0 amide bonds. The molecule has 0 aromatic heterocycles. The summed E-state index contributed by atoms with van der Waals surface area (Å²) in [4.78, 5) is 0. The molecule has 1 aliphatic heterocycles. The van der Waals surface area contributed by atoms with E-state index in [0.29, 0.717) is 0 Å². The molecular weight excluding hydrogens is 247 g/mol. The summed E-state index contributed by atoms with van der Waals surface area (Å²) < 4.78 is 0. The van der Waals surface area contributed by atoms with Gasteiger partial charge in [-0.2, -0.15) is 0 Å². The van der Waals surface area contributed by atoms with E-state index in [1.54, 1.807) is 11.1 Å². The Morgan fingerprint density at radius 1 is 0.632 bits per heavy atom. The molecule has 0 saturated carbocycles. The Balaban J connectivity index is 1.79. The Morgan fingerprint density at radius 3 is 1.47 bits per heavy atom. The Labute approximate surface area is 117 Å². The van der Waals surface area contributed by atoms with E-state index in [1.807, 2.05) is 0 Å². The van der Waals surface area contributed by atoms with Crippen LogP contribution in [0.15, 0.2) is 60.7 Å². The van der Waals surface area contributed by atoms with Gasteiger partial charge in [0.1, 0.15) is 0 Å². The summed E-state index contributed by atoms with van der Waals surface area (Å²) in [6.45, 7) is 0. The normalized spacial score (nSPS) is 19.2. The second-order valence-electron chi connectivity index (χ2n) is 6.03. The Hall–Kier alpha value is -1.13. The summed E-state index contributed by atoms with van der Waals surface area (Å²) in [5, 5.41) is 0. The number of rotatable bonds is 4. The summed E-state index contributed by atoms with van der Waals surface area (Å²) in [6.07, 6.45) is 8.73. The molecule has 19 heavy (non-hydrogen) atoms. The van der Waals surface area contributed by atoms with E-state index in [1.165, 1.54) is 37.5 Å². The predicted octanol–water partition coefficient (Wildman–Crippen LogP) is 4.93. The summed E-state index contributed by atoms with van der Waals surface area (Å²) >= 11 is 0. The van der Waals surface area contributed by atoms with E-state index in [-0.39, 0.29) is 0 Å². The molecule has 1 heterocycles. The van der Waals surface area contributed by atoms with Gasteiger partial charge in [0.15, 0.2) is 0 Å². The molecule has 0 atom stereocenters. The van der Waals surface area contributed by atoms with Crippen molar-refractivity contribution in [2.75, 3.05) is 12.3 Å². The van der Waals surface area contributed by atoms with Crippen LogP contribution < -0.4 is 0 Å². The molecule has 2 aromatic rings. The van der Waals surface area contributed by atoms with Crippen molar-refractivity contribution < 1.29 is 0 Å². The van der Waals surface area contributed by atoms with E-state index in [9.17, 15) is 0 Å². The van der Waals surface area contributed by atoms with Crippen molar-refractivity contribution in [3.05, 3.63) is 71.8 Å². The van der Waals surface area contributed by atoms with Gasteiger partial charge in [0.2, 0.25) is 0 Å². The summed E-state index contributed by atoms with van der Waals surface area (Å²) in [5.41, 5.74) is 3.12. The van der Waals surface area contributed by atoms with Crippen molar-refractivity contribution in [3.63, 3.8) is 0 Å². The van der Waals surface area contributed by atoms with Gasteiger partial charge in [-0.15, -0.1) is 0 Å². The minimum atomic E-state index is -1.11. The van der Waals surface area contributed by atoms with Crippen LogP contribution in [0.5, 0.6) is 0 Å². The van der Waals surface area contributed by atoms with E-state index in [2.05, 4.69) is 60.7 Å². The molecular formula is C18H23P. The van der Waals surface area contributed by atoms with Crippen LogP contribution in [0.2, 0.25) is 0 Å². The quantitative estimate of drug-likeness (QED) is 0.691. The minimum absolute atomic E-state index is 1.11. The number of hydrogen-bond donors (Lipinski definition) is 0. The summed E-state index contributed by atoms with van der Waals surface area (Å²) in [7, 11) is -1.11. The first-order chi connectivity index (χ1) is 9.36. The van der Waals surface area contributed by atoms with Crippen molar-refractivity contribution >= 4 is 7.26 Å². The monoisotopic (exact) mass is 270 g/mol. The maximum absolute atomic E-state index is 2.32. The van der Waals surface area contributed by atoms with Crippen LogP contribution in [0.3, 0.4) is 0 Å². The maximum atomic E-state index is 2.32. The Morgan fingerprint density at radius 2 is 1.05 bits per heavy atom. The van der Waals surface area contributed by atoms with Gasteiger partial charge in [-0.1, -0.05) is 0 Å². The standard InChI is InChI=1S/C18H23P/c1-3-9-17(10-4-1)15-19(13-7-8-14-19)16-18-11-5-2-6-12-18/h1-6,9-12,19H,7-8,13-16H2. The molecule has 0 unspecified atom stereocenters. The summed E-state index contributed by atoms with van der Waals surface area (Å²) in [5.74, 6) is 0. The fourth-order valence-electron chi connectivity index (χ4n) is 3.60. The molecule has 2 aromatic carbocycles. The SMILES string of the molecule is c1ccc(C[PH]2(Cc3ccccc3)CCCC2)cc1. The second-order valence-corrected chi connectivity index (χ2v) is 10.7. The zero-order chi connectivity index (χ0) is 13.0. The average molecular weight is 270 g/mol. The van der Waals surface area contributed by atoms with E-state index in [4.69, 9.17) is 0 Å². The fourth-order valence-corrected chi connectivity index (χ4v) is 8.88. The molecule has 0 nitrogen and oxygen atoms in total. The average Bonchev–Trinajstić information content (AvgIpc) is 2.89. The van der Waals surface area contributed by atoms with Crippen LogP contribution in [0, 0.1) is 0 Å². The van der Waals surface area contributed by atoms with Crippen LogP contribution in [0.1, 0.15) is 24.0 Å². The van der Waals surface area contributed by atoms with Gasteiger partial charge in [0.05, 0.1) is 0 Å². The molecule has 1 heteroatoms. The van der Waals surface area contributed by atoms with Crippen LogP contribution in [0.25, 0.3) is 0 Å². The van der Waals surface area contributed by atoms with Crippen molar-refractivity contribution in [1.29, 1.82) is 0 Å². The van der Waals surface area contributed by atoms with E-state index in [0.717, 1.165) is 0 Å². The molecule has 0 N–H and O–H groups in total. The molecule has 0 spiro atoms. The molecule has 0 aliphatic carbocycles. The third-order valence-corrected chi connectivity index (χ3v) is 9.65. The van der Waals surface area contributed by atoms with E-state index >= 15 is 0 Å². The predicted molar refractivity (Wildman–Crippen MR) is 87.6 cm³/mol. The molecule has 0 bridgehead atoms. The first-order valence-corrected chi connectivity index (χ1v) is 10.3. The first-order valence-electron chi connectivity index (χ1n) is 7.44. The second kappa shape index (κ2) is 5.88. The van der Waals surface area contributed by atoms with Crippen LogP contribution in [-0.4, -0.2) is 12.3 Å². The topological polar surface area (TPSA) is 0 Å². The molecule has 1 aliphatic rings. The van der Waals surface area contributed by atoms with Crippen LogP contribution in [0.4, 0.5) is 0 Å². The Bertz CT molecular complexity index is 454. The van der Waals surface area contributed by atoms with Gasteiger partial charge in [-0.3, -0.25) is 0 Å². The van der Waals surface area contributed by atoms with Crippen molar-refractivity contribution in [2.45, 2.75) is 25.2 Å². The van der Waals surface area contributed by atoms with E-state index < -0.39 is 7.26 Å². The van der Waals surface area contributed by atoms with Crippen molar-refractivity contribution in [2.24, 2.45) is 0 Å². The summed E-state index contributed by atoms with van der Waals surface area (Å²) in [6, 6.07) is 22.3. The Kier molecular flexibility index (Phi) is 3.99. The third-order valence-electron chi connectivity index (χ3n) is 4.51. The van der Waals surface area contributed by atoms with Gasteiger partial charge in [-0.05, 0) is 0 Å². The van der Waals surface area contributed by atoms with Gasteiger partial charge < -0.3 is 0 Å². The third kappa shape index (κ3) is 3.25. The number of hydrogen-bond acceptors (Lipinski definition) is 0. The van der Waals surface area contributed by atoms with Gasteiger partial charge in [-0.25, -0.2) is 0 Å².